The number of nitrogens with one attached hydrogen (secondary N) is 3. The first-order valence-corrected chi connectivity index (χ1v) is 13.6. The third kappa shape index (κ3) is 12.1. The van der Waals surface area contributed by atoms with Crippen LogP contribution in [0.1, 0.15) is 91.8 Å². The van der Waals surface area contributed by atoms with Crippen molar-refractivity contribution in [2.75, 3.05) is 11.9 Å². The quantitative estimate of drug-likeness (QED) is 0.139. The molecule has 8 nitrogen and oxygen atoms in total. The van der Waals surface area contributed by atoms with E-state index in [0.717, 1.165) is 23.7 Å². The monoisotopic (exact) mass is 573 g/mol. The predicted octanol–water partition coefficient (Wildman–Crippen LogP) is 5.93. The Balaban J connectivity index is 1.70. The van der Waals surface area contributed by atoms with Crippen molar-refractivity contribution in [2.45, 2.75) is 71.1 Å². The molecule has 0 aliphatic rings. The molecule has 0 atom stereocenters. The number of hydrogen-bond acceptors (Lipinski definition) is 5. The van der Waals surface area contributed by atoms with Crippen LogP contribution >= 0.6 is 15.9 Å². The predicted molar refractivity (Wildman–Crippen MR) is 147 cm³/mol. The molecule has 200 valence electrons. The van der Waals surface area contributed by atoms with Crippen LogP contribution in [0.25, 0.3) is 0 Å². The summed E-state index contributed by atoms with van der Waals surface area (Å²) in [5.41, 5.74) is 5.30. The standard InChI is InChI=1S/C28H36BrN3O5/c1-2-3-4-5-6-7-8-9-10-15-25(33)30-24-14-12-11-13-23(24)28(36)37-20-26(34)31-32-27(35)21-16-18-22(29)19-17-21/h11-14,16-19H,2-10,15,20H2,1H3,(H,30,33)(H,31,34)(H,32,35). The molecule has 0 aromatic heterocycles. The van der Waals surface area contributed by atoms with Crippen LogP contribution in [0.15, 0.2) is 53.0 Å². The molecule has 0 heterocycles. The molecule has 0 radical (unpaired) electrons. The van der Waals surface area contributed by atoms with Gasteiger partial charge >= 0.3 is 5.97 Å². The Kier molecular flexibility index (Phi) is 14.0. The maximum Gasteiger partial charge on any atom is 0.340 e. The van der Waals surface area contributed by atoms with Crippen molar-refractivity contribution in [3.8, 4) is 0 Å². The molecule has 0 unspecified atom stereocenters. The molecule has 0 aliphatic heterocycles. The Bertz CT molecular complexity index is 1030. The van der Waals surface area contributed by atoms with Crippen molar-refractivity contribution >= 4 is 45.3 Å². The first-order chi connectivity index (χ1) is 17.9. The number of ether oxygens (including phenoxy) is 1. The Morgan fingerprint density at radius 2 is 1.38 bits per heavy atom. The third-order valence-corrected chi connectivity index (χ3v) is 6.21. The van der Waals surface area contributed by atoms with E-state index in [2.05, 4.69) is 39.0 Å². The SMILES string of the molecule is CCCCCCCCCCCC(=O)Nc1ccccc1C(=O)OCC(=O)NNC(=O)c1ccc(Br)cc1. The Labute approximate surface area is 227 Å². The van der Waals surface area contributed by atoms with E-state index < -0.39 is 24.4 Å². The van der Waals surface area contributed by atoms with E-state index >= 15 is 0 Å². The van der Waals surface area contributed by atoms with Gasteiger partial charge in [-0.05, 0) is 42.8 Å². The Morgan fingerprint density at radius 1 is 0.757 bits per heavy atom. The summed E-state index contributed by atoms with van der Waals surface area (Å²) in [5.74, 6) is -2.14. The molecule has 0 aliphatic carbocycles. The normalized spacial score (nSPS) is 10.4. The third-order valence-electron chi connectivity index (χ3n) is 5.68. The molecule has 2 aromatic rings. The fourth-order valence-corrected chi connectivity index (χ4v) is 3.89. The summed E-state index contributed by atoms with van der Waals surface area (Å²) >= 11 is 3.28. The summed E-state index contributed by atoms with van der Waals surface area (Å²) in [6, 6.07) is 13.1. The topological polar surface area (TPSA) is 114 Å². The average molecular weight is 575 g/mol. The van der Waals surface area contributed by atoms with Gasteiger partial charge in [-0.25, -0.2) is 4.79 Å². The van der Waals surface area contributed by atoms with Crippen LogP contribution in [0.5, 0.6) is 0 Å². The van der Waals surface area contributed by atoms with Crippen LogP contribution < -0.4 is 16.2 Å². The average Bonchev–Trinajstić information content (AvgIpc) is 2.90. The van der Waals surface area contributed by atoms with E-state index in [1.165, 1.54) is 44.6 Å². The molecule has 3 amide bonds. The minimum absolute atomic E-state index is 0.148. The van der Waals surface area contributed by atoms with Crippen molar-refractivity contribution in [1.29, 1.82) is 0 Å². The Morgan fingerprint density at radius 3 is 2.05 bits per heavy atom. The number of hydrogen-bond donors (Lipinski definition) is 3. The van der Waals surface area contributed by atoms with Crippen molar-refractivity contribution in [3.05, 3.63) is 64.1 Å². The number of halogens is 1. The highest BCUT2D eigenvalue weighted by molar-refractivity contribution is 9.10. The van der Waals surface area contributed by atoms with E-state index in [9.17, 15) is 19.2 Å². The van der Waals surface area contributed by atoms with Crippen LogP contribution in [-0.4, -0.2) is 30.3 Å². The lowest BCUT2D eigenvalue weighted by molar-refractivity contribution is -0.125. The van der Waals surface area contributed by atoms with Gasteiger partial charge in [0.2, 0.25) is 5.91 Å². The van der Waals surface area contributed by atoms with Gasteiger partial charge < -0.3 is 10.1 Å². The molecule has 3 N–H and O–H groups in total. The second-order valence-corrected chi connectivity index (χ2v) is 9.67. The number of carbonyl (C=O) groups is 4. The summed E-state index contributed by atoms with van der Waals surface area (Å²) in [6.07, 6.45) is 10.9. The minimum Gasteiger partial charge on any atom is -0.452 e. The van der Waals surface area contributed by atoms with Crippen LogP contribution in [0.4, 0.5) is 5.69 Å². The molecule has 0 fully saturated rings. The second kappa shape index (κ2) is 17.3. The van der Waals surface area contributed by atoms with Crippen LogP contribution in [0.2, 0.25) is 0 Å². The molecule has 2 aromatic carbocycles. The second-order valence-electron chi connectivity index (χ2n) is 8.76. The number of anilines is 1. The van der Waals surface area contributed by atoms with Gasteiger partial charge in [-0.15, -0.1) is 0 Å². The van der Waals surface area contributed by atoms with Gasteiger partial charge in [0, 0.05) is 16.5 Å². The molecule has 9 heteroatoms. The molecule has 0 bridgehead atoms. The maximum atomic E-state index is 12.5. The summed E-state index contributed by atoms with van der Waals surface area (Å²) in [4.78, 5) is 49.0. The number of hydrazine groups is 1. The van der Waals surface area contributed by atoms with Gasteiger partial charge in [-0.1, -0.05) is 86.4 Å². The zero-order valence-electron chi connectivity index (χ0n) is 21.3. The highest BCUT2D eigenvalue weighted by Crippen LogP contribution is 2.17. The number of carbonyl (C=O) groups excluding carboxylic acids is 4. The van der Waals surface area contributed by atoms with Gasteiger partial charge in [0.05, 0.1) is 11.3 Å². The Hall–Kier alpha value is -3.20. The molecule has 2 rings (SSSR count). The summed E-state index contributed by atoms with van der Waals surface area (Å²) in [6.45, 7) is 1.61. The molecular formula is C28H36BrN3O5. The lowest BCUT2D eigenvalue weighted by Gasteiger charge is -2.11. The molecule has 0 spiro atoms. The van der Waals surface area contributed by atoms with Crippen molar-refractivity contribution in [1.82, 2.24) is 10.9 Å². The largest absolute Gasteiger partial charge is 0.452 e. The lowest BCUT2D eigenvalue weighted by atomic mass is 10.1. The molecule has 0 saturated heterocycles. The number of benzene rings is 2. The fourth-order valence-electron chi connectivity index (χ4n) is 3.62. The van der Waals surface area contributed by atoms with Gasteiger partial charge in [-0.2, -0.15) is 0 Å². The zero-order chi connectivity index (χ0) is 26.9. The highest BCUT2D eigenvalue weighted by atomic mass is 79.9. The number of unbranched alkanes of at least 4 members (excludes halogenated alkanes) is 8. The van der Waals surface area contributed by atoms with Gasteiger partial charge in [0.15, 0.2) is 6.61 Å². The van der Waals surface area contributed by atoms with Crippen LogP contribution in [0, 0.1) is 0 Å². The molecule has 0 saturated carbocycles. The number of esters is 1. The van der Waals surface area contributed by atoms with Gasteiger partial charge in [0.1, 0.15) is 0 Å². The van der Waals surface area contributed by atoms with Crippen LogP contribution in [0.3, 0.4) is 0 Å². The van der Waals surface area contributed by atoms with Crippen molar-refractivity contribution in [3.63, 3.8) is 0 Å². The van der Waals surface area contributed by atoms with E-state index in [1.807, 2.05) is 0 Å². The minimum atomic E-state index is -0.756. The van der Waals surface area contributed by atoms with Gasteiger partial charge in [0.25, 0.3) is 11.8 Å². The highest BCUT2D eigenvalue weighted by Gasteiger charge is 2.16. The summed E-state index contributed by atoms with van der Waals surface area (Å²) in [5, 5.41) is 2.77. The van der Waals surface area contributed by atoms with Crippen molar-refractivity contribution in [2.24, 2.45) is 0 Å². The van der Waals surface area contributed by atoms with Crippen molar-refractivity contribution < 1.29 is 23.9 Å². The van der Waals surface area contributed by atoms with E-state index in [0.29, 0.717) is 17.7 Å². The smallest absolute Gasteiger partial charge is 0.340 e. The maximum absolute atomic E-state index is 12.5. The van der Waals surface area contributed by atoms with Gasteiger partial charge in [-0.3, -0.25) is 25.2 Å². The molecule has 37 heavy (non-hydrogen) atoms. The number of rotatable bonds is 15. The first-order valence-electron chi connectivity index (χ1n) is 12.8. The summed E-state index contributed by atoms with van der Waals surface area (Å²) < 4.78 is 5.89. The number of para-hydroxylation sites is 1. The van der Waals surface area contributed by atoms with Crippen LogP contribution in [-0.2, 0) is 14.3 Å². The number of amides is 3. The van der Waals surface area contributed by atoms with E-state index in [1.54, 1.807) is 42.5 Å². The first kappa shape index (κ1) is 30.0. The van der Waals surface area contributed by atoms with E-state index in [-0.39, 0.29) is 11.5 Å². The fraction of sp³-hybridized carbons (Fsp3) is 0.429. The molecular weight excluding hydrogens is 538 g/mol. The summed E-state index contributed by atoms with van der Waals surface area (Å²) in [7, 11) is 0. The zero-order valence-corrected chi connectivity index (χ0v) is 22.9. The lowest BCUT2D eigenvalue weighted by Crippen LogP contribution is -2.43. The van der Waals surface area contributed by atoms with E-state index in [4.69, 9.17) is 4.74 Å².